The molecular weight excluding hydrogens is 304 g/mol. The van der Waals surface area contributed by atoms with Crippen LogP contribution in [0.15, 0.2) is 22.7 Å². The summed E-state index contributed by atoms with van der Waals surface area (Å²) < 4.78 is 0.985. The third-order valence-corrected chi connectivity index (χ3v) is 3.66. The number of carbonyl (C=O) groups is 1. The molecule has 1 aromatic rings. The molecule has 0 unspecified atom stereocenters. The maximum atomic E-state index is 11.2. The van der Waals surface area contributed by atoms with Crippen LogP contribution in [0.1, 0.15) is 12.0 Å². The van der Waals surface area contributed by atoms with Gasteiger partial charge < -0.3 is 5.32 Å². The minimum absolute atomic E-state index is 0.134. The molecule has 3 nitrogen and oxygen atoms in total. The summed E-state index contributed by atoms with van der Waals surface area (Å²) in [5.41, 5.74) is 1.10. The van der Waals surface area contributed by atoms with Crippen LogP contribution in [0.2, 0.25) is 5.02 Å². The standard InChI is InChI=1S/C12H14BrClN2O/c13-10-2-1-9(11(14)7-10)8-16-5-3-12(17)15-4-6-16/h1-2,7H,3-6,8H2,(H,15,17). The molecular formula is C12H14BrClN2O. The number of amides is 1. The van der Waals surface area contributed by atoms with Gasteiger partial charge in [-0.1, -0.05) is 33.6 Å². The van der Waals surface area contributed by atoms with E-state index in [0.29, 0.717) is 13.0 Å². The van der Waals surface area contributed by atoms with E-state index in [1.165, 1.54) is 0 Å². The first kappa shape index (κ1) is 12.9. The van der Waals surface area contributed by atoms with Gasteiger partial charge in [0.2, 0.25) is 5.91 Å². The van der Waals surface area contributed by atoms with Gasteiger partial charge in [0.25, 0.3) is 0 Å². The summed E-state index contributed by atoms with van der Waals surface area (Å²) in [7, 11) is 0. The van der Waals surface area contributed by atoms with Gasteiger partial charge in [-0.05, 0) is 17.7 Å². The Bertz CT molecular complexity index is 425. The van der Waals surface area contributed by atoms with Crippen LogP contribution in [0.4, 0.5) is 0 Å². The Morgan fingerprint density at radius 1 is 1.41 bits per heavy atom. The van der Waals surface area contributed by atoms with E-state index in [9.17, 15) is 4.79 Å². The number of nitrogens with zero attached hydrogens (tertiary/aromatic N) is 1. The fourth-order valence-corrected chi connectivity index (χ4v) is 2.60. The highest BCUT2D eigenvalue weighted by atomic mass is 79.9. The van der Waals surface area contributed by atoms with E-state index in [1.807, 2.05) is 18.2 Å². The average Bonchev–Trinajstić information content (AvgIpc) is 2.48. The molecule has 1 amide bonds. The van der Waals surface area contributed by atoms with Crippen LogP contribution in [-0.4, -0.2) is 30.4 Å². The molecule has 0 atom stereocenters. The van der Waals surface area contributed by atoms with Crippen LogP contribution in [0, 0.1) is 0 Å². The Morgan fingerprint density at radius 3 is 3.00 bits per heavy atom. The lowest BCUT2D eigenvalue weighted by Crippen LogP contribution is -2.28. The smallest absolute Gasteiger partial charge is 0.221 e. The van der Waals surface area contributed by atoms with Gasteiger partial charge in [0.05, 0.1) is 0 Å². The van der Waals surface area contributed by atoms with Crippen LogP contribution < -0.4 is 5.32 Å². The normalized spacial score (nSPS) is 17.6. The third kappa shape index (κ3) is 3.69. The second-order valence-electron chi connectivity index (χ2n) is 4.11. The molecule has 0 radical (unpaired) electrons. The number of hydrogen-bond acceptors (Lipinski definition) is 2. The molecule has 0 spiro atoms. The highest BCUT2D eigenvalue weighted by Gasteiger charge is 2.14. The fraction of sp³-hybridized carbons (Fsp3) is 0.417. The van der Waals surface area contributed by atoms with Crippen molar-refractivity contribution >= 4 is 33.4 Å². The van der Waals surface area contributed by atoms with Gasteiger partial charge in [0.15, 0.2) is 0 Å². The molecule has 5 heteroatoms. The molecule has 0 aromatic heterocycles. The van der Waals surface area contributed by atoms with Crippen molar-refractivity contribution in [1.29, 1.82) is 0 Å². The molecule has 92 valence electrons. The molecule has 1 saturated heterocycles. The van der Waals surface area contributed by atoms with Crippen LogP contribution in [0.5, 0.6) is 0 Å². The van der Waals surface area contributed by atoms with Crippen LogP contribution in [-0.2, 0) is 11.3 Å². The Balaban J connectivity index is 2.02. The summed E-state index contributed by atoms with van der Waals surface area (Å²) in [6.45, 7) is 3.17. The molecule has 1 aliphatic rings. The quantitative estimate of drug-likeness (QED) is 0.908. The van der Waals surface area contributed by atoms with Gasteiger partial charge in [-0.3, -0.25) is 9.69 Å². The largest absolute Gasteiger partial charge is 0.355 e. The monoisotopic (exact) mass is 316 g/mol. The van der Waals surface area contributed by atoms with Crippen LogP contribution in [0.25, 0.3) is 0 Å². The van der Waals surface area contributed by atoms with Crippen molar-refractivity contribution < 1.29 is 4.79 Å². The van der Waals surface area contributed by atoms with Crippen molar-refractivity contribution in [1.82, 2.24) is 10.2 Å². The fourth-order valence-electron chi connectivity index (χ4n) is 1.86. The predicted molar refractivity (Wildman–Crippen MR) is 72.1 cm³/mol. The summed E-state index contributed by atoms with van der Waals surface area (Å²) in [6.07, 6.45) is 0.564. The number of hydrogen-bond donors (Lipinski definition) is 1. The maximum absolute atomic E-state index is 11.2. The Morgan fingerprint density at radius 2 is 2.24 bits per heavy atom. The molecule has 0 saturated carbocycles. The summed E-state index contributed by atoms with van der Waals surface area (Å²) in [5, 5.41) is 3.63. The highest BCUT2D eigenvalue weighted by Crippen LogP contribution is 2.22. The van der Waals surface area contributed by atoms with E-state index in [0.717, 1.165) is 34.7 Å². The lowest BCUT2D eigenvalue weighted by molar-refractivity contribution is -0.120. The summed E-state index contributed by atoms with van der Waals surface area (Å²) in [6, 6.07) is 5.91. The molecule has 2 rings (SSSR count). The van der Waals surface area contributed by atoms with Gasteiger partial charge >= 0.3 is 0 Å². The Labute approximate surface area is 114 Å². The molecule has 0 aliphatic carbocycles. The number of halogens is 2. The Kier molecular flexibility index (Phi) is 4.42. The molecule has 0 bridgehead atoms. The van der Waals surface area contributed by atoms with Gasteiger partial charge in [0.1, 0.15) is 0 Å². The van der Waals surface area contributed by atoms with Crippen molar-refractivity contribution in [2.75, 3.05) is 19.6 Å². The number of benzene rings is 1. The molecule has 1 fully saturated rings. The minimum atomic E-state index is 0.134. The first-order valence-electron chi connectivity index (χ1n) is 5.58. The lowest BCUT2D eigenvalue weighted by atomic mass is 10.2. The topological polar surface area (TPSA) is 32.3 Å². The van der Waals surface area contributed by atoms with Gasteiger partial charge in [0, 0.05) is 42.1 Å². The summed E-state index contributed by atoms with van der Waals surface area (Å²) >= 11 is 9.57. The SMILES string of the molecule is O=C1CCN(Cc2ccc(Br)cc2Cl)CCN1. The number of carbonyl (C=O) groups excluding carboxylic acids is 1. The van der Waals surface area contributed by atoms with Crippen molar-refractivity contribution in [2.45, 2.75) is 13.0 Å². The van der Waals surface area contributed by atoms with E-state index in [2.05, 4.69) is 26.1 Å². The zero-order valence-electron chi connectivity index (χ0n) is 9.38. The van der Waals surface area contributed by atoms with E-state index in [1.54, 1.807) is 0 Å². The Hall–Kier alpha value is -0.580. The van der Waals surface area contributed by atoms with E-state index in [4.69, 9.17) is 11.6 Å². The average molecular weight is 318 g/mol. The second-order valence-corrected chi connectivity index (χ2v) is 5.43. The zero-order chi connectivity index (χ0) is 12.3. The van der Waals surface area contributed by atoms with Crippen molar-refractivity contribution in [3.8, 4) is 0 Å². The summed E-state index contributed by atoms with van der Waals surface area (Å²) in [4.78, 5) is 13.5. The van der Waals surface area contributed by atoms with Crippen molar-refractivity contribution in [3.63, 3.8) is 0 Å². The van der Waals surface area contributed by atoms with E-state index < -0.39 is 0 Å². The zero-order valence-corrected chi connectivity index (χ0v) is 11.7. The van der Waals surface area contributed by atoms with Gasteiger partial charge in [-0.2, -0.15) is 0 Å². The van der Waals surface area contributed by atoms with Crippen molar-refractivity contribution in [2.24, 2.45) is 0 Å². The first-order chi connectivity index (χ1) is 8.15. The second kappa shape index (κ2) is 5.85. The first-order valence-corrected chi connectivity index (χ1v) is 6.75. The molecule has 1 aromatic carbocycles. The molecule has 17 heavy (non-hydrogen) atoms. The van der Waals surface area contributed by atoms with E-state index >= 15 is 0 Å². The lowest BCUT2D eigenvalue weighted by Gasteiger charge is -2.19. The summed E-state index contributed by atoms with van der Waals surface area (Å²) in [5.74, 6) is 0.134. The molecule has 1 aliphatic heterocycles. The maximum Gasteiger partial charge on any atom is 0.221 e. The van der Waals surface area contributed by atoms with Crippen molar-refractivity contribution in [3.05, 3.63) is 33.3 Å². The van der Waals surface area contributed by atoms with Crippen LogP contribution >= 0.6 is 27.5 Å². The minimum Gasteiger partial charge on any atom is -0.355 e. The third-order valence-electron chi connectivity index (χ3n) is 2.81. The van der Waals surface area contributed by atoms with Gasteiger partial charge in [-0.25, -0.2) is 0 Å². The molecule has 1 heterocycles. The predicted octanol–water partition coefficient (Wildman–Crippen LogP) is 2.42. The van der Waals surface area contributed by atoms with Crippen LogP contribution in [0.3, 0.4) is 0 Å². The number of nitrogens with one attached hydrogen (secondary N) is 1. The van der Waals surface area contributed by atoms with Gasteiger partial charge in [-0.15, -0.1) is 0 Å². The van der Waals surface area contributed by atoms with E-state index in [-0.39, 0.29) is 5.91 Å². The highest BCUT2D eigenvalue weighted by molar-refractivity contribution is 9.10. The number of rotatable bonds is 2. The molecule has 1 N–H and O–H groups in total.